The zero-order valence-electron chi connectivity index (χ0n) is 7.20. The summed E-state index contributed by atoms with van der Waals surface area (Å²) in [6.45, 7) is 0. The molecule has 1 rings (SSSR count). The molecule has 0 spiro atoms. The maximum absolute atomic E-state index is 10.0. The predicted octanol–water partition coefficient (Wildman–Crippen LogP) is -7.99. The Balaban J connectivity index is 0. The molecule has 0 aromatic carbocycles. The first-order valence-corrected chi connectivity index (χ1v) is 2.64. The van der Waals surface area contributed by atoms with Gasteiger partial charge in [0.05, 0.1) is 0 Å². The van der Waals surface area contributed by atoms with Gasteiger partial charge in [-0.25, -0.2) is 0 Å². The molecule has 0 aliphatic rings. The Labute approximate surface area is 191 Å². The molecule has 0 unspecified atom stereocenters. The van der Waals surface area contributed by atoms with E-state index in [1.165, 1.54) is 0 Å². The van der Waals surface area contributed by atoms with Crippen molar-refractivity contribution in [2.75, 3.05) is 0 Å². The summed E-state index contributed by atoms with van der Waals surface area (Å²) in [5, 5.41) is 20.0. The molecule has 7 heteroatoms. The molecule has 0 amide bonds. The van der Waals surface area contributed by atoms with E-state index < -0.39 is 23.5 Å². The monoisotopic (exact) mass is 420 g/mol. The quantitative estimate of drug-likeness (QED) is 0.474. The zero-order chi connectivity index (χ0) is 8.43. The van der Waals surface area contributed by atoms with Gasteiger partial charge in [0.2, 0.25) is 0 Å². The minimum absolute atomic E-state index is 0. The van der Waals surface area contributed by atoms with Crippen LogP contribution in [0, 0.1) is 0 Å². The van der Waals surface area contributed by atoms with Gasteiger partial charge >= 0.3 is 138 Å². The van der Waals surface area contributed by atoms with Crippen LogP contribution >= 0.6 is 0 Å². The Bertz CT molecular complexity index is 277. The second-order valence-corrected chi connectivity index (χ2v) is 1.74. The molecule has 0 aliphatic heterocycles. The second-order valence-electron chi connectivity index (χ2n) is 1.74. The standard InChI is InChI=1S/C6H4O5.2Cs/c7-5(8)3-1-2-4(11-3)6(9)10;;/h1-2H,(H,7,8)(H,9,10);;/q;2*+1/p-2. The molecule has 0 N–H and O–H groups in total. The number of carbonyl (C=O) groups excluding carboxylic acids is 2. The van der Waals surface area contributed by atoms with Crippen LogP contribution in [0.1, 0.15) is 21.1 Å². The van der Waals surface area contributed by atoms with Crippen LogP contribution in [0.3, 0.4) is 0 Å². The minimum Gasteiger partial charge on any atom is -0.542 e. The van der Waals surface area contributed by atoms with Gasteiger partial charge in [-0.15, -0.1) is 0 Å². The summed E-state index contributed by atoms with van der Waals surface area (Å²) < 4.78 is 4.28. The molecule has 1 aromatic heterocycles. The van der Waals surface area contributed by atoms with Gasteiger partial charge in [-0.1, -0.05) is 0 Å². The van der Waals surface area contributed by atoms with Crippen LogP contribution in [0.5, 0.6) is 0 Å². The number of rotatable bonds is 2. The van der Waals surface area contributed by atoms with Gasteiger partial charge in [0, 0.05) is 0 Å². The van der Waals surface area contributed by atoms with Crippen molar-refractivity contribution in [3.63, 3.8) is 0 Å². The minimum atomic E-state index is -1.56. The van der Waals surface area contributed by atoms with Gasteiger partial charge in [-0.05, 0) is 12.1 Å². The molecule has 0 bridgehead atoms. The smallest absolute Gasteiger partial charge is 0.542 e. The fourth-order valence-corrected chi connectivity index (χ4v) is 0.557. The van der Waals surface area contributed by atoms with Crippen LogP contribution in [-0.2, 0) is 0 Å². The van der Waals surface area contributed by atoms with E-state index in [0.717, 1.165) is 12.1 Å². The van der Waals surface area contributed by atoms with Crippen LogP contribution in [-0.4, -0.2) is 11.9 Å². The molecule has 0 atom stereocenters. The normalized spacial score (nSPS) is 8.00. The van der Waals surface area contributed by atoms with Crippen molar-refractivity contribution < 1.29 is 162 Å². The molecule has 58 valence electrons. The van der Waals surface area contributed by atoms with E-state index in [0.29, 0.717) is 0 Å². The molecule has 0 saturated carbocycles. The van der Waals surface area contributed by atoms with Crippen LogP contribution < -0.4 is 148 Å². The number of carbonyl (C=O) groups is 2. The maximum atomic E-state index is 10.0. The fourth-order valence-electron chi connectivity index (χ4n) is 0.557. The maximum Gasteiger partial charge on any atom is 1.00 e. The van der Waals surface area contributed by atoms with Crippen LogP contribution in [0.15, 0.2) is 16.5 Å². The number of carboxylic acid groups (broad SMARTS) is 2. The van der Waals surface area contributed by atoms with E-state index in [-0.39, 0.29) is 138 Å². The van der Waals surface area contributed by atoms with Gasteiger partial charge < -0.3 is 24.2 Å². The largest absolute Gasteiger partial charge is 1.00 e. The van der Waals surface area contributed by atoms with Crippen LogP contribution in [0.4, 0.5) is 0 Å². The predicted molar refractivity (Wildman–Crippen MR) is 27.4 cm³/mol. The SMILES string of the molecule is O=C([O-])c1ccc(C(=O)[O-])o1.[Cs+].[Cs+]. The number of hydrogen-bond acceptors (Lipinski definition) is 5. The molecular formula is C6H2Cs2O5. The molecule has 0 fully saturated rings. The summed E-state index contributed by atoms with van der Waals surface area (Å²) in [5.41, 5.74) is 0. The van der Waals surface area contributed by atoms with Gasteiger partial charge in [0.25, 0.3) is 0 Å². The first-order chi connectivity index (χ1) is 5.11. The molecular weight excluding hydrogens is 418 g/mol. The molecule has 0 saturated heterocycles. The molecule has 13 heavy (non-hydrogen) atoms. The van der Waals surface area contributed by atoms with Gasteiger partial charge in [-0.3, -0.25) is 0 Å². The summed E-state index contributed by atoms with van der Waals surface area (Å²) in [6.07, 6.45) is 0. The van der Waals surface area contributed by atoms with E-state index in [4.69, 9.17) is 0 Å². The Kier molecular flexibility index (Phi) is 11.5. The van der Waals surface area contributed by atoms with E-state index in [9.17, 15) is 19.8 Å². The van der Waals surface area contributed by atoms with Crippen molar-refractivity contribution in [3.8, 4) is 0 Å². The Morgan fingerprint density at radius 1 is 1.00 bits per heavy atom. The number of carboxylic acids is 2. The van der Waals surface area contributed by atoms with Crippen molar-refractivity contribution in [1.82, 2.24) is 0 Å². The summed E-state index contributed by atoms with van der Waals surface area (Å²) >= 11 is 0. The number of hydrogen-bond donors (Lipinski definition) is 0. The summed E-state index contributed by atoms with van der Waals surface area (Å²) in [7, 11) is 0. The van der Waals surface area contributed by atoms with Crippen LogP contribution in [0.2, 0.25) is 0 Å². The molecule has 1 heterocycles. The third-order valence-corrected chi connectivity index (χ3v) is 1.01. The van der Waals surface area contributed by atoms with Crippen molar-refractivity contribution in [3.05, 3.63) is 23.7 Å². The van der Waals surface area contributed by atoms with Crippen molar-refractivity contribution in [1.29, 1.82) is 0 Å². The Morgan fingerprint density at radius 2 is 1.31 bits per heavy atom. The summed E-state index contributed by atoms with van der Waals surface area (Å²) in [6, 6.07) is 1.97. The topological polar surface area (TPSA) is 93.4 Å². The van der Waals surface area contributed by atoms with E-state index >= 15 is 0 Å². The molecule has 0 radical (unpaired) electrons. The van der Waals surface area contributed by atoms with Gasteiger partial charge in [-0.2, -0.15) is 0 Å². The van der Waals surface area contributed by atoms with Crippen LogP contribution in [0.25, 0.3) is 0 Å². The van der Waals surface area contributed by atoms with Gasteiger partial charge in [0.15, 0.2) is 0 Å². The van der Waals surface area contributed by atoms with Crippen molar-refractivity contribution in [2.45, 2.75) is 0 Å². The third-order valence-electron chi connectivity index (χ3n) is 1.01. The number of aromatic carboxylic acids is 2. The fraction of sp³-hybridized carbons (Fsp3) is 0. The Hall–Kier alpha value is 2.32. The average molecular weight is 420 g/mol. The second kappa shape index (κ2) is 8.47. The zero-order valence-corrected chi connectivity index (χ0v) is 19.8. The van der Waals surface area contributed by atoms with Crippen molar-refractivity contribution >= 4 is 11.9 Å². The third kappa shape index (κ3) is 5.83. The molecule has 5 nitrogen and oxygen atoms in total. The van der Waals surface area contributed by atoms with Gasteiger partial charge in [0.1, 0.15) is 23.5 Å². The first-order valence-electron chi connectivity index (χ1n) is 2.64. The van der Waals surface area contributed by atoms with E-state index in [1.807, 2.05) is 0 Å². The van der Waals surface area contributed by atoms with Crippen molar-refractivity contribution in [2.24, 2.45) is 0 Å². The Morgan fingerprint density at radius 3 is 1.46 bits per heavy atom. The molecule has 1 aromatic rings. The summed E-state index contributed by atoms with van der Waals surface area (Å²) in [4.78, 5) is 20.0. The number of furan rings is 1. The molecule has 0 aliphatic carbocycles. The summed E-state index contributed by atoms with van der Waals surface area (Å²) in [5.74, 6) is -4.16. The average Bonchev–Trinajstić information content (AvgIpc) is 2.33. The van der Waals surface area contributed by atoms with E-state index in [1.54, 1.807) is 0 Å². The first kappa shape index (κ1) is 17.7. The van der Waals surface area contributed by atoms with E-state index in [2.05, 4.69) is 4.42 Å².